The summed E-state index contributed by atoms with van der Waals surface area (Å²) in [6, 6.07) is 0. The largest absolute Gasteiger partial charge is 0.480 e. The van der Waals surface area contributed by atoms with E-state index >= 15 is 0 Å². The minimum atomic E-state index is -1.12. The van der Waals surface area contributed by atoms with Crippen LogP contribution >= 0.6 is 0 Å². The number of aliphatic carboxylic acids is 1. The van der Waals surface area contributed by atoms with E-state index in [0.29, 0.717) is 52.8 Å². The Morgan fingerprint density at radius 1 is 0.840 bits per heavy atom. The van der Waals surface area contributed by atoms with Crippen LogP contribution in [-0.2, 0) is 38.1 Å². The van der Waals surface area contributed by atoms with Gasteiger partial charge in [0.25, 0.3) is 0 Å². The molecule has 25 heavy (non-hydrogen) atoms. The van der Waals surface area contributed by atoms with Crippen LogP contribution in [0.4, 0.5) is 0 Å². The first kappa shape index (κ1) is 23.2. The molecule has 0 aliphatic rings. The average Bonchev–Trinajstić information content (AvgIpc) is 2.55. The molecule has 10 nitrogen and oxygen atoms in total. The number of esters is 1. The summed E-state index contributed by atoms with van der Waals surface area (Å²) in [5.41, 5.74) is 0. The van der Waals surface area contributed by atoms with Crippen molar-refractivity contribution in [3.05, 3.63) is 0 Å². The minimum absolute atomic E-state index is 0.226. The quantitative estimate of drug-likeness (QED) is 0.251. The van der Waals surface area contributed by atoms with Crippen LogP contribution in [0.15, 0.2) is 0 Å². The third-order valence-corrected chi connectivity index (χ3v) is 2.53. The Labute approximate surface area is 146 Å². The van der Waals surface area contributed by atoms with Crippen LogP contribution in [0.1, 0.15) is 13.3 Å². The Kier molecular flexibility index (Phi) is 15.9. The first-order chi connectivity index (χ1) is 12.1. The van der Waals surface area contributed by atoms with E-state index in [0.717, 1.165) is 0 Å². The Morgan fingerprint density at radius 2 is 1.44 bits per heavy atom. The van der Waals surface area contributed by atoms with E-state index in [-0.39, 0.29) is 19.0 Å². The van der Waals surface area contributed by atoms with Crippen molar-refractivity contribution in [1.82, 2.24) is 5.32 Å². The lowest BCUT2D eigenvalue weighted by molar-refractivity contribution is -0.145. The number of carbonyl (C=O) groups excluding carboxylic acids is 2. The van der Waals surface area contributed by atoms with Crippen molar-refractivity contribution >= 4 is 17.8 Å². The van der Waals surface area contributed by atoms with Crippen LogP contribution in [0.25, 0.3) is 0 Å². The normalized spacial score (nSPS) is 10.4. The number of ether oxygens (including phenoxy) is 5. The van der Waals surface area contributed by atoms with Crippen molar-refractivity contribution in [2.75, 3.05) is 66.0 Å². The number of rotatable bonds is 17. The maximum Gasteiger partial charge on any atom is 0.329 e. The molecule has 0 heterocycles. The van der Waals surface area contributed by atoms with E-state index in [2.05, 4.69) is 10.1 Å². The molecule has 146 valence electrons. The van der Waals surface area contributed by atoms with E-state index in [1.165, 1.54) is 0 Å². The van der Waals surface area contributed by atoms with E-state index in [1.807, 2.05) is 0 Å². The Hall–Kier alpha value is -1.75. The third-order valence-electron chi connectivity index (χ3n) is 2.53. The maximum absolute atomic E-state index is 11.2. The lowest BCUT2D eigenvalue weighted by atomic mass is 10.5. The zero-order chi connectivity index (χ0) is 18.8. The Bertz CT molecular complexity index is 376. The molecule has 0 fully saturated rings. The Morgan fingerprint density at radius 3 is 2.04 bits per heavy atom. The van der Waals surface area contributed by atoms with Gasteiger partial charge in [-0.25, -0.2) is 4.79 Å². The van der Waals surface area contributed by atoms with Crippen molar-refractivity contribution in [3.8, 4) is 0 Å². The van der Waals surface area contributed by atoms with Gasteiger partial charge in [-0.05, 0) is 6.92 Å². The number of nitrogens with one attached hydrogen (secondary N) is 1. The summed E-state index contributed by atoms with van der Waals surface area (Å²) in [6.45, 7) is 3.74. The highest BCUT2D eigenvalue weighted by molar-refractivity contribution is 5.77. The van der Waals surface area contributed by atoms with E-state index in [4.69, 9.17) is 24.1 Å². The zero-order valence-electron chi connectivity index (χ0n) is 14.5. The molecule has 0 aromatic heterocycles. The maximum atomic E-state index is 11.2. The van der Waals surface area contributed by atoms with Gasteiger partial charge < -0.3 is 34.1 Å². The zero-order valence-corrected chi connectivity index (χ0v) is 14.5. The molecule has 0 bridgehead atoms. The van der Waals surface area contributed by atoms with Gasteiger partial charge in [0.2, 0.25) is 5.91 Å². The molecular formula is C15H27NO9. The van der Waals surface area contributed by atoms with Crippen molar-refractivity contribution in [2.45, 2.75) is 13.3 Å². The predicted octanol–water partition coefficient (Wildman–Crippen LogP) is -0.793. The van der Waals surface area contributed by atoms with Gasteiger partial charge in [0.1, 0.15) is 13.2 Å². The molecule has 0 aromatic rings. The molecule has 0 rings (SSSR count). The first-order valence-corrected chi connectivity index (χ1v) is 8.01. The van der Waals surface area contributed by atoms with Gasteiger partial charge in [0, 0.05) is 6.54 Å². The second kappa shape index (κ2) is 17.1. The van der Waals surface area contributed by atoms with E-state index < -0.39 is 18.5 Å². The summed E-state index contributed by atoms with van der Waals surface area (Å²) in [7, 11) is 0. The van der Waals surface area contributed by atoms with Crippen molar-refractivity contribution in [2.24, 2.45) is 0 Å². The van der Waals surface area contributed by atoms with Gasteiger partial charge in [-0.3, -0.25) is 9.59 Å². The van der Waals surface area contributed by atoms with Gasteiger partial charge in [0.05, 0.1) is 52.7 Å². The highest BCUT2D eigenvalue weighted by atomic mass is 16.5. The third kappa shape index (κ3) is 18.4. The molecule has 0 unspecified atom stereocenters. The van der Waals surface area contributed by atoms with Crippen LogP contribution in [-0.4, -0.2) is 89.0 Å². The number of carbonyl (C=O) groups is 3. The standard InChI is InChI=1S/C15H27NO9/c1-2-25-15(20)3-5-21-7-9-23-10-8-22-6-4-16-13(17)11-24-12-14(18)19/h2-12H2,1H3,(H,16,17)(H,18,19). The summed E-state index contributed by atoms with van der Waals surface area (Å²) < 4.78 is 25.1. The van der Waals surface area contributed by atoms with E-state index in [1.54, 1.807) is 6.92 Å². The van der Waals surface area contributed by atoms with Crippen molar-refractivity contribution in [1.29, 1.82) is 0 Å². The topological polar surface area (TPSA) is 130 Å². The molecule has 0 aliphatic heterocycles. The first-order valence-electron chi connectivity index (χ1n) is 8.01. The molecule has 0 aliphatic carbocycles. The fourth-order valence-corrected chi connectivity index (χ4v) is 1.48. The average molecular weight is 365 g/mol. The van der Waals surface area contributed by atoms with Crippen LogP contribution < -0.4 is 5.32 Å². The smallest absolute Gasteiger partial charge is 0.329 e. The molecule has 10 heteroatoms. The fraction of sp³-hybridized carbons (Fsp3) is 0.800. The highest BCUT2D eigenvalue weighted by Crippen LogP contribution is 1.88. The van der Waals surface area contributed by atoms with Crippen LogP contribution in [0.3, 0.4) is 0 Å². The predicted molar refractivity (Wildman–Crippen MR) is 85.2 cm³/mol. The number of amides is 1. The molecule has 0 atom stereocenters. The Balaban J connectivity index is 3.20. The van der Waals surface area contributed by atoms with Crippen LogP contribution in [0.5, 0.6) is 0 Å². The number of hydrogen-bond donors (Lipinski definition) is 2. The van der Waals surface area contributed by atoms with Gasteiger partial charge in [-0.2, -0.15) is 0 Å². The minimum Gasteiger partial charge on any atom is -0.480 e. The molecule has 1 amide bonds. The lowest BCUT2D eigenvalue weighted by Gasteiger charge is -2.08. The summed E-state index contributed by atoms with van der Waals surface area (Å²) in [5.74, 6) is -1.81. The molecule has 0 saturated heterocycles. The molecular weight excluding hydrogens is 338 g/mol. The van der Waals surface area contributed by atoms with Gasteiger partial charge in [-0.1, -0.05) is 0 Å². The summed E-state index contributed by atoms with van der Waals surface area (Å²) in [4.78, 5) is 32.4. The van der Waals surface area contributed by atoms with Gasteiger partial charge in [-0.15, -0.1) is 0 Å². The summed E-state index contributed by atoms with van der Waals surface area (Å²) in [6.07, 6.45) is 0.226. The summed E-state index contributed by atoms with van der Waals surface area (Å²) >= 11 is 0. The van der Waals surface area contributed by atoms with Gasteiger partial charge >= 0.3 is 11.9 Å². The number of hydrogen-bond acceptors (Lipinski definition) is 8. The summed E-state index contributed by atoms with van der Waals surface area (Å²) in [5, 5.41) is 10.8. The second-order valence-electron chi connectivity index (χ2n) is 4.63. The molecule has 0 spiro atoms. The highest BCUT2D eigenvalue weighted by Gasteiger charge is 2.03. The molecule has 0 radical (unpaired) electrons. The van der Waals surface area contributed by atoms with Gasteiger partial charge in [0.15, 0.2) is 0 Å². The van der Waals surface area contributed by atoms with E-state index in [9.17, 15) is 14.4 Å². The fourth-order valence-electron chi connectivity index (χ4n) is 1.48. The van der Waals surface area contributed by atoms with Crippen LogP contribution in [0, 0.1) is 0 Å². The van der Waals surface area contributed by atoms with Crippen molar-refractivity contribution < 1.29 is 43.2 Å². The molecule has 0 saturated carbocycles. The molecule has 2 N–H and O–H groups in total. The lowest BCUT2D eigenvalue weighted by Crippen LogP contribution is -2.31. The monoisotopic (exact) mass is 365 g/mol. The molecule has 0 aromatic carbocycles. The number of carboxylic acids is 1. The number of carboxylic acid groups (broad SMARTS) is 1. The van der Waals surface area contributed by atoms with Crippen LogP contribution in [0.2, 0.25) is 0 Å². The second-order valence-corrected chi connectivity index (χ2v) is 4.63. The SMILES string of the molecule is CCOC(=O)CCOCCOCCOCCNC(=O)COCC(=O)O. The van der Waals surface area contributed by atoms with Crippen molar-refractivity contribution in [3.63, 3.8) is 0 Å².